The number of fused-ring (bicyclic) bond motifs is 5. The van der Waals surface area contributed by atoms with Gasteiger partial charge in [-0.1, -0.05) is 12.1 Å². The molecule has 2 N–H and O–H groups in total. The lowest BCUT2D eigenvalue weighted by atomic mass is 9.90. The second-order valence-electron chi connectivity index (χ2n) is 5.82. The van der Waals surface area contributed by atoms with Gasteiger partial charge in [-0.15, -0.1) is 0 Å². The number of hydrogen-bond acceptors (Lipinski definition) is 4. The first-order valence-corrected chi connectivity index (χ1v) is 7.52. The summed E-state index contributed by atoms with van der Waals surface area (Å²) in [6, 6.07) is 10.6. The predicted molar refractivity (Wildman–Crippen MR) is 80.8 cm³/mol. The van der Waals surface area contributed by atoms with Gasteiger partial charge in [0.2, 0.25) is 0 Å². The van der Waals surface area contributed by atoms with Gasteiger partial charge in [-0.25, -0.2) is 5.48 Å². The van der Waals surface area contributed by atoms with E-state index in [4.69, 9.17) is 5.21 Å². The maximum absolute atomic E-state index is 12.8. The Morgan fingerprint density at radius 2 is 1.91 bits per heavy atom. The second kappa shape index (κ2) is 5.17. The first-order chi connectivity index (χ1) is 11.2. The molecular formula is C17H15N3O3. The average molecular weight is 309 g/mol. The summed E-state index contributed by atoms with van der Waals surface area (Å²) in [4.78, 5) is 30.4. The topological polar surface area (TPSA) is 82.5 Å². The minimum absolute atomic E-state index is 0.0315. The number of hydrogen-bond donors (Lipinski definition) is 2. The molecule has 23 heavy (non-hydrogen) atoms. The van der Waals surface area contributed by atoms with E-state index >= 15 is 0 Å². The van der Waals surface area contributed by atoms with Crippen LogP contribution in [-0.2, 0) is 0 Å². The molecule has 4 rings (SSSR count). The molecule has 2 aromatic rings. The summed E-state index contributed by atoms with van der Waals surface area (Å²) in [6.07, 6.45) is 3.41. The smallest absolute Gasteiger partial charge is 0.274 e. The lowest BCUT2D eigenvalue weighted by molar-refractivity contribution is 0.0690. The van der Waals surface area contributed by atoms with Gasteiger partial charge in [0, 0.05) is 11.8 Å². The van der Waals surface area contributed by atoms with Crippen molar-refractivity contribution in [3.8, 4) is 0 Å². The summed E-state index contributed by atoms with van der Waals surface area (Å²) in [5.74, 6) is -0.624. The molecule has 2 aliphatic heterocycles. The maximum Gasteiger partial charge on any atom is 0.274 e. The van der Waals surface area contributed by atoms with Crippen LogP contribution in [0.3, 0.4) is 0 Å². The van der Waals surface area contributed by atoms with Crippen LogP contribution in [0.2, 0.25) is 0 Å². The number of aromatic nitrogens is 1. The minimum Gasteiger partial charge on any atom is -0.323 e. The molecule has 2 atom stereocenters. The van der Waals surface area contributed by atoms with Crippen LogP contribution >= 0.6 is 0 Å². The highest BCUT2D eigenvalue weighted by Crippen LogP contribution is 2.53. The highest BCUT2D eigenvalue weighted by molar-refractivity contribution is 5.95. The first kappa shape index (κ1) is 13.9. The summed E-state index contributed by atoms with van der Waals surface area (Å²) in [5.41, 5.74) is 4.55. The largest absolute Gasteiger partial charge is 0.323 e. The van der Waals surface area contributed by atoms with E-state index < -0.39 is 5.91 Å². The molecule has 0 spiro atoms. The lowest BCUT2D eigenvalue weighted by Gasteiger charge is -2.22. The van der Waals surface area contributed by atoms with Crippen molar-refractivity contribution in [2.24, 2.45) is 0 Å². The van der Waals surface area contributed by atoms with E-state index in [0.29, 0.717) is 11.3 Å². The third-order valence-electron chi connectivity index (χ3n) is 4.67. The molecule has 6 heteroatoms. The summed E-state index contributed by atoms with van der Waals surface area (Å²) < 4.78 is 0. The highest BCUT2D eigenvalue weighted by atomic mass is 16.5. The molecule has 1 aromatic carbocycles. The quantitative estimate of drug-likeness (QED) is 0.658. The molecule has 2 aliphatic rings. The standard InChI is InChI=1S/C17H15N3O3/c21-16(19-23)10-4-5-11-12(9-10)15-7-6-14(11)20(15)17(22)13-3-1-2-8-18-13/h1-5,8-9,14-15,23H,6-7H2,(H,19,21)/t14-,15?/m1/s1. The van der Waals surface area contributed by atoms with Gasteiger partial charge in [0.05, 0.1) is 12.1 Å². The monoisotopic (exact) mass is 309 g/mol. The number of nitrogens with zero attached hydrogens (tertiary/aromatic N) is 2. The summed E-state index contributed by atoms with van der Waals surface area (Å²) in [6.45, 7) is 0. The zero-order valence-electron chi connectivity index (χ0n) is 12.3. The van der Waals surface area contributed by atoms with Crippen LogP contribution in [0.1, 0.15) is 56.9 Å². The molecule has 1 unspecified atom stereocenters. The van der Waals surface area contributed by atoms with Gasteiger partial charge in [-0.2, -0.15) is 0 Å². The fourth-order valence-electron chi connectivity index (χ4n) is 3.70. The summed E-state index contributed by atoms with van der Waals surface area (Å²) in [7, 11) is 0. The Hall–Kier alpha value is -2.73. The van der Waals surface area contributed by atoms with Crippen molar-refractivity contribution in [1.29, 1.82) is 0 Å². The molecule has 3 heterocycles. The Morgan fingerprint density at radius 1 is 1.13 bits per heavy atom. The Morgan fingerprint density at radius 3 is 2.61 bits per heavy atom. The van der Waals surface area contributed by atoms with E-state index in [1.54, 1.807) is 42.0 Å². The van der Waals surface area contributed by atoms with Crippen LogP contribution in [0.15, 0.2) is 42.6 Å². The highest BCUT2D eigenvalue weighted by Gasteiger charge is 2.46. The third kappa shape index (κ3) is 2.03. The minimum atomic E-state index is -0.543. The predicted octanol–water partition coefficient (Wildman–Crippen LogP) is 2.23. The lowest BCUT2D eigenvalue weighted by Crippen LogP contribution is -2.28. The van der Waals surface area contributed by atoms with Crippen molar-refractivity contribution in [3.63, 3.8) is 0 Å². The van der Waals surface area contributed by atoms with E-state index in [1.807, 2.05) is 11.0 Å². The molecule has 116 valence electrons. The molecule has 1 saturated heterocycles. The van der Waals surface area contributed by atoms with Crippen LogP contribution in [0.5, 0.6) is 0 Å². The van der Waals surface area contributed by atoms with Gasteiger partial charge in [0.25, 0.3) is 11.8 Å². The van der Waals surface area contributed by atoms with Crippen LogP contribution in [-0.4, -0.2) is 26.9 Å². The SMILES string of the molecule is O=C(NO)c1ccc2c(c1)C1CC[C@H]2N1C(=O)c1ccccn1. The van der Waals surface area contributed by atoms with E-state index in [-0.39, 0.29) is 18.0 Å². The van der Waals surface area contributed by atoms with Gasteiger partial charge >= 0.3 is 0 Å². The number of hydroxylamine groups is 1. The zero-order chi connectivity index (χ0) is 16.0. The molecule has 1 fully saturated rings. The van der Waals surface area contributed by atoms with Gasteiger partial charge in [0.15, 0.2) is 0 Å². The Bertz CT molecular complexity index is 791. The average Bonchev–Trinajstić information content (AvgIpc) is 3.17. The van der Waals surface area contributed by atoms with Gasteiger partial charge in [0.1, 0.15) is 5.69 Å². The molecule has 1 aromatic heterocycles. The molecule has 0 aliphatic carbocycles. The Balaban J connectivity index is 1.71. The molecule has 2 bridgehead atoms. The number of carbonyl (C=O) groups is 2. The second-order valence-corrected chi connectivity index (χ2v) is 5.82. The number of nitrogens with one attached hydrogen (secondary N) is 1. The molecule has 0 radical (unpaired) electrons. The normalized spacial score (nSPS) is 21.2. The number of rotatable bonds is 2. The van der Waals surface area contributed by atoms with Crippen LogP contribution in [0.25, 0.3) is 0 Å². The van der Waals surface area contributed by atoms with Gasteiger partial charge in [-0.3, -0.25) is 19.8 Å². The number of carbonyl (C=O) groups excluding carboxylic acids is 2. The number of amides is 2. The van der Waals surface area contributed by atoms with Gasteiger partial charge < -0.3 is 4.90 Å². The van der Waals surface area contributed by atoms with Gasteiger partial charge in [-0.05, 0) is 48.2 Å². The number of pyridine rings is 1. The summed E-state index contributed by atoms with van der Waals surface area (Å²) >= 11 is 0. The third-order valence-corrected chi connectivity index (χ3v) is 4.67. The molecular weight excluding hydrogens is 294 g/mol. The van der Waals surface area contributed by atoms with Crippen molar-refractivity contribution in [2.45, 2.75) is 24.9 Å². The van der Waals surface area contributed by atoms with Crippen LogP contribution < -0.4 is 5.48 Å². The van der Waals surface area contributed by atoms with E-state index in [2.05, 4.69) is 4.98 Å². The number of benzene rings is 1. The fourth-order valence-corrected chi connectivity index (χ4v) is 3.70. The maximum atomic E-state index is 12.8. The molecule has 2 amide bonds. The van der Waals surface area contributed by atoms with E-state index in [0.717, 1.165) is 24.0 Å². The van der Waals surface area contributed by atoms with Crippen molar-refractivity contribution < 1.29 is 14.8 Å². The zero-order valence-corrected chi connectivity index (χ0v) is 12.3. The Labute approximate surface area is 132 Å². The van der Waals surface area contributed by atoms with Crippen LogP contribution in [0, 0.1) is 0 Å². The van der Waals surface area contributed by atoms with Crippen molar-refractivity contribution in [1.82, 2.24) is 15.4 Å². The van der Waals surface area contributed by atoms with E-state index in [9.17, 15) is 9.59 Å². The van der Waals surface area contributed by atoms with Crippen molar-refractivity contribution in [2.75, 3.05) is 0 Å². The van der Waals surface area contributed by atoms with Crippen molar-refractivity contribution in [3.05, 3.63) is 65.0 Å². The summed E-state index contributed by atoms with van der Waals surface area (Å²) in [5, 5.41) is 8.79. The molecule has 6 nitrogen and oxygen atoms in total. The van der Waals surface area contributed by atoms with E-state index in [1.165, 1.54) is 0 Å². The van der Waals surface area contributed by atoms with Crippen LogP contribution in [0.4, 0.5) is 0 Å². The molecule has 0 saturated carbocycles. The Kier molecular flexibility index (Phi) is 3.12. The first-order valence-electron chi connectivity index (χ1n) is 7.52. The van der Waals surface area contributed by atoms with Crippen molar-refractivity contribution >= 4 is 11.8 Å². The fraction of sp³-hybridized carbons (Fsp3) is 0.235.